The van der Waals surface area contributed by atoms with E-state index < -0.39 is 10.0 Å². The Hall–Kier alpha value is -1.68. The Morgan fingerprint density at radius 1 is 1.36 bits per heavy atom. The normalized spacial score (nSPS) is 19.4. The molecule has 28 heavy (non-hydrogen) atoms. The van der Waals surface area contributed by atoms with E-state index in [9.17, 15) is 13.2 Å². The molecular weight excluding hydrogens is 382 g/mol. The Bertz CT molecular complexity index is 804. The molecule has 1 aromatic rings. The van der Waals surface area contributed by atoms with Gasteiger partial charge in [-0.05, 0) is 45.0 Å². The summed E-state index contributed by atoms with van der Waals surface area (Å²) in [5.41, 5.74) is 0.300. The number of amides is 1. The van der Waals surface area contributed by atoms with Gasteiger partial charge in [0.25, 0.3) is 5.91 Å². The van der Waals surface area contributed by atoms with Crippen molar-refractivity contribution >= 4 is 15.9 Å². The highest BCUT2D eigenvalue weighted by Crippen LogP contribution is 2.29. The van der Waals surface area contributed by atoms with Gasteiger partial charge >= 0.3 is 0 Å². The number of hydrogen-bond acceptors (Lipinski definition) is 6. The lowest BCUT2D eigenvalue weighted by Crippen LogP contribution is -2.41. The molecule has 3 rings (SSSR count). The average molecular weight is 412 g/mol. The third kappa shape index (κ3) is 4.65. The molecule has 1 aliphatic heterocycles. The third-order valence-electron chi connectivity index (χ3n) is 5.39. The summed E-state index contributed by atoms with van der Waals surface area (Å²) in [5.74, 6) is -0.0676. The lowest BCUT2D eigenvalue weighted by atomic mass is 10.2. The van der Waals surface area contributed by atoms with E-state index in [1.54, 1.807) is 6.07 Å². The molecular formula is C19H29N3O5S. The molecule has 156 valence electrons. The minimum absolute atomic E-state index is 0.00713. The summed E-state index contributed by atoms with van der Waals surface area (Å²) < 4.78 is 37.9. The van der Waals surface area contributed by atoms with Crippen LogP contribution in [0.2, 0.25) is 0 Å². The van der Waals surface area contributed by atoms with Gasteiger partial charge in [0.2, 0.25) is 10.0 Å². The first-order valence-corrected chi connectivity index (χ1v) is 11.0. The van der Waals surface area contributed by atoms with Gasteiger partial charge in [-0.2, -0.15) is 4.31 Å². The standard InChI is InChI=1S/C19H29N3O5S/c1-14(21(2)16-5-6-16)13-20-19(23)15-4-7-17(26-3)18(12-15)28(24,25)22-8-10-27-11-9-22/h4,7,12,14,16H,5-6,8-11,13H2,1-3H3,(H,20,23). The van der Waals surface area contributed by atoms with Crippen molar-refractivity contribution < 1.29 is 22.7 Å². The molecule has 1 unspecified atom stereocenters. The number of rotatable bonds is 8. The van der Waals surface area contributed by atoms with Crippen molar-refractivity contribution in [3.63, 3.8) is 0 Å². The number of hydrogen-bond donors (Lipinski definition) is 1. The molecule has 1 saturated carbocycles. The van der Waals surface area contributed by atoms with E-state index in [0.29, 0.717) is 31.4 Å². The molecule has 0 bridgehead atoms. The number of nitrogens with one attached hydrogen (secondary N) is 1. The highest BCUT2D eigenvalue weighted by molar-refractivity contribution is 7.89. The summed E-state index contributed by atoms with van der Waals surface area (Å²) in [6.07, 6.45) is 2.41. The van der Waals surface area contributed by atoms with Crippen LogP contribution < -0.4 is 10.1 Å². The van der Waals surface area contributed by atoms with E-state index >= 15 is 0 Å². The van der Waals surface area contributed by atoms with Crippen LogP contribution in [0.5, 0.6) is 5.75 Å². The second kappa shape index (κ2) is 8.77. The first kappa shape index (κ1) is 21.0. The van der Waals surface area contributed by atoms with Gasteiger partial charge in [-0.15, -0.1) is 0 Å². The molecule has 0 spiro atoms. The number of morpholine rings is 1. The molecule has 9 heteroatoms. The maximum Gasteiger partial charge on any atom is 0.251 e. The number of benzene rings is 1. The van der Waals surface area contributed by atoms with Gasteiger partial charge in [0.05, 0.1) is 20.3 Å². The highest BCUT2D eigenvalue weighted by atomic mass is 32.2. The Morgan fingerprint density at radius 3 is 2.64 bits per heavy atom. The molecule has 1 atom stereocenters. The van der Waals surface area contributed by atoms with E-state index in [1.165, 1.54) is 36.4 Å². The van der Waals surface area contributed by atoms with Crippen LogP contribution in [0, 0.1) is 0 Å². The van der Waals surface area contributed by atoms with Gasteiger partial charge in [-0.25, -0.2) is 8.42 Å². The number of carbonyl (C=O) groups is 1. The average Bonchev–Trinajstić information content (AvgIpc) is 3.56. The van der Waals surface area contributed by atoms with Crippen molar-refractivity contribution in [1.82, 2.24) is 14.5 Å². The van der Waals surface area contributed by atoms with Crippen LogP contribution in [0.4, 0.5) is 0 Å². The van der Waals surface area contributed by atoms with Crippen molar-refractivity contribution in [2.75, 3.05) is 47.0 Å². The number of carbonyl (C=O) groups excluding carboxylic acids is 1. The summed E-state index contributed by atoms with van der Waals surface area (Å²) in [6.45, 7) is 3.85. The Morgan fingerprint density at radius 2 is 2.04 bits per heavy atom. The van der Waals surface area contributed by atoms with Gasteiger partial charge in [0, 0.05) is 37.3 Å². The number of nitrogens with zero attached hydrogens (tertiary/aromatic N) is 2. The second-order valence-corrected chi connectivity index (χ2v) is 9.24. The highest BCUT2D eigenvalue weighted by Gasteiger charge is 2.31. The van der Waals surface area contributed by atoms with Crippen LogP contribution in [0.25, 0.3) is 0 Å². The van der Waals surface area contributed by atoms with Gasteiger partial charge in [0.15, 0.2) is 0 Å². The summed E-state index contributed by atoms with van der Waals surface area (Å²) in [6, 6.07) is 5.34. The Labute approximate surface area is 166 Å². The first-order valence-electron chi connectivity index (χ1n) is 9.60. The zero-order chi connectivity index (χ0) is 20.3. The zero-order valence-corrected chi connectivity index (χ0v) is 17.5. The van der Waals surface area contributed by atoms with Crippen molar-refractivity contribution in [3.8, 4) is 5.75 Å². The third-order valence-corrected chi connectivity index (χ3v) is 7.31. The van der Waals surface area contributed by atoms with E-state index in [0.717, 1.165) is 0 Å². The SMILES string of the molecule is COc1ccc(C(=O)NCC(C)N(C)C2CC2)cc1S(=O)(=O)N1CCOCC1. The number of methoxy groups -OCH3 is 1. The molecule has 0 aromatic heterocycles. The Balaban J connectivity index is 1.75. The monoisotopic (exact) mass is 411 g/mol. The molecule has 2 fully saturated rings. The van der Waals surface area contributed by atoms with Crippen molar-refractivity contribution in [1.29, 1.82) is 0 Å². The molecule has 0 radical (unpaired) electrons. The lowest BCUT2D eigenvalue weighted by Gasteiger charge is -2.27. The van der Waals surface area contributed by atoms with Crippen LogP contribution in [0.1, 0.15) is 30.1 Å². The fourth-order valence-electron chi connectivity index (χ4n) is 3.27. The van der Waals surface area contributed by atoms with Gasteiger partial charge in [-0.3, -0.25) is 9.69 Å². The number of ether oxygens (including phenoxy) is 2. The second-order valence-electron chi connectivity index (χ2n) is 7.34. The molecule has 1 heterocycles. The molecule has 8 nitrogen and oxygen atoms in total. The fourth-order valence-corrected chi connectivity index (χ4v) is 4.86. The number of sulfonamides is 1. The predicted molar refractivity (Wildman–Crippen MR) is 105 cm³/mol. The summed E-state index contributed by atoms with van der Waals surface area (Å²) >= 11 is 0. The van der Waals surface area contributed by atoms with Crippen molar-refractivity contribution in [2.24, 2.45) is 0 Å². The first-order chi connectivity index (χ1) is 13.3. The maximum absolute atomic E-state index is 13.0. The minimum Gasteiger partial charge on any atom is -0.495 e. The van der Waals surface area contributed by atoms with Crippen LogP contribution in [0.15, 0.2) is 23.1 Å². The van der Waals surface area contributed by atoms with Gasteiger partial charge < -0.3 is 14.8 Å². The van der Waals surface area contributed by atoms with E-state index in [2.05, 4.69) is 24.2 Å². The van der Waals surface area contributed by atoms with Crippen LogP contribution >= 0.6 is 0 Å². The number of likely N-dealkylation sites (N-methyl/N-ethyl adjacent to an activating group) is 1. The predicted octanol–water partition coefficient (Wildman–Crippen LogP) is 0.929. The topological polar surface area (TPSA) is 88.2 Å². The summed E-state index contributed by atoms with van der Waals surface area (Å²) in [7, 11) is -0.285. The maximum atomic E-state index is 13.0. The fraction of sp³-hybridized carbons (Fsp3) is 0.632. The van der Waals surface area contributed by atoms with E-state index in [-0.39, 0.29) is 35.7 Å². The van der Waals surface area contributed by atoms with Gasteiger partial charge in [-0.1, -0.05) is 0 Å². The van der Waals surface area contributed by atoms with Crippen molar-refractivity contribution in [2.45, 2.75) is 36.7 Å². The largest absolute Gasteiger partial charge is 0.495 e. The smallest absolute Gasteiger partial charge is 0.251 e. The molecule has 1 amide bonds. The van der Waals surface area contributed by atoms with Crippen molar-refractivity contribution in [3.05, 3.63) is 23.8 Å². The zero-order valence-electron chi connectivity index (χ0n) is 16.7. The minimum atomic E-state index is -3.77. The molecule has 1 aromatic carbocycles. The van der Waals surface area contributed by atoms with E-state index in [4.69, 9.17) is 9.47 Å². The van der Waals surface area contributed by atoms with Crippen LogP contribution in [-0.4, -0.2) is 82.6 Å². The van der Waals surface area contributed by atoms with Gasteiger partial charge in [0.1, 0.15) is 10.6 Å². The Kier molecular flexibility index (Phi) is 6.59. The molecule has 1 N–H and O–H groups in total. The quantitative estimate of drug-likeness (QED) is 0.685. The van der Waals surface area contributed by atoms with Crippen LogP contribution in [-0.2, 0) is 14.8 Å². The van der Waals surface area contributed by atoms with Crippen LogP contribution in [0.3, 0.4) is 0 Å². The van der Waals surface area contributed by atoms with E-state index in [1.807, 2.05) is 0 Å². The summed E-state index contributed by atoms with van der Waals surface area (Å²) in [4.78, 5) is 14.9. The summed E-state index contributed by atoms with van der Waals surface area (Å²) in [5, 5.41) is 2.91. The molecule has 1 saturated heterocycles. The lowest BCUT2D eigenvalue weighted by molar-refractivity contribution is 0.0729. The molecule has 2 aliphatic rings. The molecule has 1 aliphatic carbocycles.